The number of likely N-dealkylation sites (tertiary alicyclic amines) is 1. The van der Waals surface area contributed by atoms with Crippen molar-refractivity contribution in [2.75, 3.05) is 44.2 Å². The van der Waals surface area contributed by atoms with Crippen LogP contribution in [0, 0.1) is 17.7 Å². The molecule has 0 N–H and O–H groups in total. The van der Waals surface area contributed by atoms with Gasteiger partial charge in [0.15, 0.2) is 11.6 Å². The Labute approximate surface area is 275 Å². The smallest absolute Gasteiger partial charge is 0.410 e. The maximum Gasteiger partial charge on any atom is 0.410 e. The number of carbonyl (C=O) groups is 3. The monoisotopic (exact) mass is 648 g/mol. The van der Waals surface area contributed by atoms with E-state index in [9.17, 15) is 18.8 Å². The van der Waals surface area contributed by atoms with Crippen LogP contribution in [0.25, 0.3) is 0 Å². The number of hydrogen-bond donors (Lipinski definition) is 0. The first kappa shape index (κ1) is 32.7. The molecule has 12 heteroatoms. The number of nitrogens with zero attached hydrogens (tertiary/aromatic N) is 6. The maximum absolute atomic E-state index is 14.3. The number of aromatic nitrogens is 2. The topological polar surface area (TPSA) is 108 Å². The van der Waals surface area contributed by atoms with Crippen LogP contribution in [0.3, 0.4) is 0 Å². The minimum Gasteiger partial charge on any atom is -0.451 e. The Hall–Kier alpha value is -4.22. The predicted octanol–water partition coefficient (Wildman–Crippen LogP) is 5.27. The van der Waals surface area contributed by atoms with E-state index in [4.69, 9.17) is 9.47 Å². The highest BCUT2D eigenvalue weighted by Crippen LogP contribution is 2.44. The number of rotatable bonds is 7. The largest absolute Gasteiger partial charge is 0.451 e. The summed E-state index contributed by atoms with van der Waals surface area (Å²) in [5.74, 6) is 0.757. The molecule has 2 fully saturated rings. The molecule has 1 aliphatic carbocycles. The summed E-state index contributed by atoms with van der Waals surface area (Å²) in [6.45, 7) is 14.3. The van der Waals surface area contributed by atoms with E-state index < -0.39 is 23.6 Å². The second kappa shape index (κ2) is 12.8. The van der Waals surface area contributed by atoms with Crippen LogP contribution >= 0.6 is 0 Å². The van der Waals surface area contributed by atoms with Crippen molar-refractivity contribution in [3.63, 3.8) is 0 Å². The Kier molecular flexibility index (Phi) is 8.88. The molecule has 0 spiro atoms. The highest BCUT2D eigenvalue weighted by Gasteiger charge is 2.52. The number of benzene rings is 1. The van der Waals surface area contributed by atoms with Crippen molar-refractivity contribution in [2.45, 2.75) is 78.5 Å². The van der Waals surface area contributed by atoms with Gasteiger partial charge in [0.05, 0.1) is 11.8 Å². The highest BCUT2D eigenvalue weighted by molar-refractivity contribution is 5.97. The SMILES string of the molecule is CCN(C(=O)c1cc(F)ccc1Oc1cncnc1N1CC2=C(CN(C(=O)[C@@H]3[C@H]4CCC[C@H]4CN3C(=O)OC(C)(C)C)C2)C1)C(C)C. The Balaban J connectivity index is 1.16. The van der Waals surface area contributed by atoms with Gasteiger partial charge in [-0.25, -0.2) is 19.2 Å². The molecule has 3 amide bonds. The molecule has 0 radical (unpaired) electrons. The number of anilines is 1. The summed E-state index contributed by atoms with van der Waals surface area (Å²) in [5, 5.41) is 0. The fourth-order valence-corrected chi connectivity index (χ4v) is 7.60. The fraction of sp³-hybridized carbons (Fsp3) is 0.571. The Bertz CT molecular complexity index is 1570. The van der Waals surface area contributed by atoms with E-state index in [0.717, 1.165) is 30.4 Å². The predicted molar refractivity (Wildman–Crippen MR) is 174 cm³/mol. The molecular weight excluding hydrogens is 603 g/mol. The van der Waals surface area contributed by atoms with Gasteiger partial charge in [0, 0.05) is 45.3 Å². The third kappa shape index (κ3) is 6.51. The van der Waals surface area contributed by atoms with Gasteiger partial charge in [-0.15, -0.1) is 0 Å². The van der Waals surface area contributed by atoms with Gasteiger partial charge in [-0.05, 0) is 95.6 Å². The summed E-state index contributed by atoms with van der Waals surface area (Å²) in [5.41, 5.74) is 1.77. The molecular formula is C35H45FN6O5. The zero-order valence-electron chi connectivity index (χ0n) is 28.2. The number of amides is 3. The molecule has 1 saturated heterocycles. The van der Waals surface area contributed by atoms with Gasteiger partial charge in [-0.2, -0.15) is 0 Å². The number of halogens is 1. The molecule has 47 heavy (non-hydrogen) atoms. The normalized spacial score (nSPS) is 22.2. The minimum absolute atomic E-state index is 0.00621. The quantitative estimate of drug-likeness (QED) is 0.374. The molecule has 1 aromatic heterocycles. The summed E-state index contributed by atoms with van der Waals surface area (Å²) in [6.07, 6.45) is 5.63. The molecule has 252 valence electrons. The van der Waals surface area contributed by atoms with Crippen LogP contribution in [0.4, 0.5) is 15.0 Å². The van der Waals surface area contributed by atoms with E-state index >= 15 is 0 Å². The summed E-state index contributed by atoms with van der Waals surface area (Å²) >= 11 is 0. The van der Waals surface area contributed by atoms with Gasteiger partial charge < -0.3 is 24.2 Å². The number of carbonyl (C=O) groups excluding carboxylic acids is 3. The van der Waals surface area contributed by atoms with Crippen molar-refractivity contribution < 1.29 is 28.2 Å². The lowest BCUT2D eigenvalue weighted by molar-refractivity contribution is -0.136. The van der Waals surface area contributed by atoms with Crippen LogP contribution in [0.5, 0.6) is 11.5 Å². The van der Waals surface area contributed by atoms with Gasteiger partial charge >= 0.3 is 6.09 Å². The van der Waals surface area contributed by atoms with Gasteiger partial charge in [0.1, 0.15) is 29.5 Å². The van der Waals surface area contributed by atoms with Crippen molar-refractivity contribution >= 4 is 23.7 Å². The van der Waals surface area contributed by atoms with Crippen LogP contribution < -0.4 is 9.64 Å². The maximum atomic E-state index is 14.3. The van der Waals surface area contributed by atoms with Crippen LogP contribution in [0.2, 0.25) is 0 Å². The van der Waals surface area contributed by atoms with Crippen LogP contribution in [0.15, 0.2) is 41.9 Å². The van der Waals surface area contributed by atoms with Crippen molar-refractivity contribution in [2.24, 2.45) is 11.8 Å². The molecule has 0 bridgehead atoms. The number of ether oxygens (including phenoxy) is 2. The third-order valence-electron chi connectivity index (χ3n) is 9.69. The van der Waals surface area contributed by atoms with E-state index in [1.54, 1.807) is 16.0 Å². The van der Waals surface area contributed by atoms with E-state index in [1.807, 2.05) is 46.4 Å². The first-order chi connectivity index (χ1) is 22.3. The van der Waals surface area contributed by atoms with Crippen molar-refractivity contribution in [1.82, 2.24) is 24.7 Å². The van der Waals surface area contributed by atoms with Crippen molar-refractivity contribution in [3.8, 4) is 11.5 Å². The highest BCUT2D eigenvalue weighted by atomic mass is 19.1. The molecule has 1 aromatic carbocycles. The molecule has 0 unspecified atom stereocenters. The summed E-state index contributed by atoms with van der Waals surface area (Å²) in [7, 11) is 0. The Morgan fingerprint density at radius 3 is 2.45 bits per heavy atom. The number of fused-ring (bicyclic) bond motifs is 1. The number of hydrogen-bond acceptors (Lipinski definition) is 8. The Morgan fingerprint density at radius 2 is 1.79 bits per heavy atom. The lowest BCUT2D eigenvalue weighted by Crippen LogP contribution is -2.51. The summed E-state index contributed by atoms with van der Waals surface area (Å²) < 4.78 is 26.3. The second-order valence-electron chi connectivity index (χ2n) is 14.3. The molecule has 4 heterocycles. The van der Waals surface area contributed by atoms with E-state index in [1.165, 1.54) is 24.5 Å². The van der Waals surface area contributed by atoms with Crippen molar-refractivity contribution in [3.05, 3.63) is 53.3 Å². The van der Waals surface area contributed by atoms with Gasteiger partial charge in [-0.3, -0.25) is 14.5 Å². The zero-order valence-corrected chi connectivity index (χ0v) is 28.2. The minimum atomic E-state index is -0.635. The standard InChI is InChI=1S/C35H45FN6O5/c1-7-41(21(2)3)32(43)27-13-25(36)11-12-28(27)46-29-14-37-20-38-31(29)39-15-23-17-40(18-24(23)16-39)33(44)30-26-10-8-9-22(26)19-42(30)34(45)47-35(4,5)6/h11-14,20-22,26,30H,7-10,15-19H2,1-6H3/t22-,26-,30-/m0/s1. The van der Waals surface area contributed by atoms with Gasteiger partial charge in [-0.1, -0.05) is 6.42 Å². The van der Waals surface area contributed by atoms with Gasteiger partial charge in [0.25, 0.3) is 5.91 Å². The van der Waals surface area contributed by atoms with E-state index in [2.05, 4.69) is 14.9 Å². The molecule has 2 aromatic rings. The summed E-state index contributed by atoms with van der Waals surface area (Å²) in [6, 6.07) is 3.35. The van der Waals surface area contributed by atoms with Crippen LogP contribution in [-0.2, 0) is 9.53 Å². The van der Waals surface area contributed by atoms with Crippen molar-refractivity contribution in [1.29, 1.82) is 0 Å². The molecule has 1 saturated carbocycles. The molecule has 3 atom stereocenters. The lowest BCUT2D eigenvalue weighted by Gasteiger charge is -2.33. The molecule has 6 rings (SSSR count). The summed E-state index contributed by atoms with van der Waals surface area (Å²) in [4.78, 5) is 56.6. The van der Waals surface area contributed by atoms with Crippen LogP contribution in [-0.4, -0.2) is 99.5 Å². The lowest BCUT2D eigenvalue weighted by atomic mass is 9.93. The third-order valence-corrected chi connectivity index (χ3v) is 9.69. The Morgan fingerprint density at radius 1 is 1.06 bits per heavy atom. The average Bonchev–Trinajstić information content (AvgIpc) is 3.78. The van der Waals surface area contributed by atoms with E-state index in [-0.39, 0.29) is 35.1 Å². The molecule has 4 aliphatic rings. The second-order valence-corrected chi connectivity index (χ2v) is 14.3. The van der Waals surface area contributed by atoms with E-state index in [0.29, 0.717) is 56.8 Å². The molecule has 11 nitrogen and oxygen atoms in total. The fourth-order valence-electron chi connectivity index (χ4n) is 7.60. The first-order valence-electron chi connectivity index (χ1n) is 16.7. The molecule has 3 aliphatic heterocycles. The first-order valence-corrected chi connectivity index (χ1v) is 16.7. The average molecular weight is 649 g/mol. The van der Waals surface area contributed by atoms with Crippen LogP contribution in [0.1, 0.15) is 71.2 Å². The zero-order chi connectivity index (χ0) is 33.6. The van der Waals surface area contributed by atoms with Gasteiger partial charge in [0.2, 0.25) is 5.91 Å².